The second-order valence-electron chi connectivity index (χ2n) is 6.05. The highest BCUT2D eigenvalue weighted by Gasteiger charge is 2.23. The zero-order valence-electron chi connectivity index (χ0n) is 11.6. The molecule has 1 unspecified atom stereocenters. The molecule has 0 bridgehead atoms. The van der Waals surface area contributed by atoms with Gasteiger partial charge in [-0.15, -0.1) is 0 Å². The summed E-state index contributed by atoms with van der Waals surface area (Å²) in [4.78, 5) is 5.15. The van der Waals surface area contributed by atoms with Crippen molar-refractivity contribution in [3.63, 3.8) is 0 Å². The first-order valence-corrected chi connectivity index (χ1v) is 7.33. The van der Waals surface area contributed by atoms with Crippen LogP contribution in [0.15, 0.2) is 0 Å². The molecular formula is C14H29N3. The molecule has 0 aromatic heterocycles. The molecule has 17 heavy (non-hydrogen) atoms. The average Bonchev–Trinajstić information content (AvgIpc) is 2.77. The molecule has 0 amide bonds. The number of hydrogen-bond donors (Lipinski definition) is 1. The van der Waals surface area contributed by atoms with E-state index in [0.29, 0.717) is 0 Å². The Bertz CT molecular complexity index is 212. The van der Waals surface area contributed by atoms with Crippen LogP contribution in [0.25, 0.3) is 0 Å². The molecule has 2 fully saturated rings. The molecule has 0 spiro atoms. The van der Waals surface area contributed by atoms with E-state index >= 15 is 0 Å². The van der Waals surface area contributed by atoms with Gasteiger partial charge < -0.3 is 15.1 Å². The Morgan fingerprint density at radius 1 is 1.06 bits per heavy atom. The van der Waals surface area contributed by atoms with Gasteiger partial charge in [0.15, 0.2) is 0 Å². The number of hydrogen-bond acceptors (Lipinski definition) is 3. The summed E-state index contributed by atoms with van der Waals surface area (Å²) in [5.41, 5.74) is 0. The molecule has 0 radical (unpaired) electrons. The molecule has 0 aliphatic carbocycles. The maximum Gasteiger partial charge on any atom is 0.00223 e. The number of likely N-dealkylation sites (tertiary alicyclic amines) is 2. The van der Waals surface area contributed by atoms with Gasteiger partial charge in [-0.1, -0.05) is 0 Å². The van der Waals surface area contributed by atoms with Crippen molar-refractivity contribution >= 4 is 0 Å². The Labute approximate surface area is 107 Å². The number of rotatable bonds is 5. The van der Waals surface area contributed by atoms with E-state index in [0.717, 1.165) is 11.8 Å². The topological polar surface area (TPSA) is 18.5 Å². The Hall–Kier alpha value is -0.120. The van der Waals surface area contributed by atoms with Crippen LogP contribution in [-0.4, -0.2) is 63.2 Å². The summed E-state index contributed by atoms with van der Waals surface area (Å²) in [6.07, 6.45) is 5.67. The molecule has 0 saturated carbocycles. The van der Waals surface area contributed by atoms with E-state index in [1.165, 1.54) is 65.0 Å². The minimum Gasteiger partial charge on any atom is -0.319 e. The Balaban J connectivity index is 1.59. The van der Waals surface area contributed by atoms with E-state index in [1.54, 1.807) is 0 Å². The molecule has 2 aliphatic heterocycles. The highest BCUT2D eigenvalue weighted by molar-refractivity contribution is 4.78. The fraction of sp³-hybridized carbons (Fsp3) is 1.00. The molecule has 1 atom stereocenters. The van der Waals surface area contributed by atoms with E-state index in [-0.39, 0.29) is 0 Å². The molecule has 100 valence electrons. The standard InChI is InChI=1S/C14H29N3/c1-15-11-14-6-10-17(12-14)9-5-13-3-7-16(2)8-4-13/h13-15H,3-12H2,1-2H3. The number of nitrogens with one attached hydrogen (secondary N) is 1. The van der Waals surface area contributed by atoms with Crippen molar-refractivity contribution in [2.75, 3.05) is 53.4 Å². The summed E-state index contributed by atoms with van der Waals surface area (Å²) in [6, 6.07) is 0. The summed E-state index contributed by atoms with van der Waals surface area (Å²) in [6.45, 7) is 7.83. The van der Waals surface area contributed by atoms with Gasteiger partial charge in [0.2, 0.25) is 0 Å². The van der Waals surface area contributed by atoms with Gasteiger partial charge in [0.05, 0.1) is 0 Å². The van der Waals surface area contributed by atoms with E-state index in [1.807, 2.05) is 0 Å². The largest absolute Gasteiger partial charge is 0.319 e. The fourth-order valence-electron chi connectivity index (χ4n) is 3.29. The molecule has 2 saturated heterocycles. The maximum absolute atomic E-state index is 3.31. The van der Waals surface area contributed by atoms with Crippen molar-refractivity contribution in [2.24, 2.45) is 11.8 Å². The quantitative estimate of drug-likeness (QED) is 0.779. The number of nitrogens with zero attached hydrogens (tertiary/aromatic N) is 2. The second kappa shape index (κ2) is 6.72. The molecule has 3 nitrogen and oxygen atoms in total. The summed E-state index contributed by atoms with van der Waals surface area (Å²) >= 11 is 0. The summed E-state index contributed by atoms with van der Waals surface area (Å²) in [5, 5.41) is 3.31. The average molecular weight is 239 g/mol. The lowest BCUT2D eigenvalue weighted by atomic mass is 9.94. The van der Waals surface area contributed by atoms with Crippen LogP contribution in [-0.2, 0) is 0 Å². The van der Waals surface area contributed by atoms with E-state index in [2.05, 4.69) is 29.2 Å². The highest BCUT2D eigenvalue weighted by Crippen LogP contribution is 2.22. The molecular weight excluding hydrogens is 210 g/mol. The van der Waals surface area contributed by atoms with Crippen LogP contribution in [0.1, 0.15) is 25.7 Å². The highest BCUT2D eigenvalue weighted by atomic mass is 15.1. The van der Waals surface area contributed by atoms with E-state index in [9.17, 15) is 0 Å². The Morgan fingerprint density at radius 2 is 1.76 bits per heavy atom. The van der Waals surface area contributed by atoms with Crippen molar-refractivity contribution in [3.05, 3.63) is 0 Å². The van der Waals surface area contributed by atoms with Crippen LogP contribution < -0.4 is 5.32 Å². The van der Waals surface area contributed by atoms with Gasteiger partial charge in [-0.05, 0) is 84.3 Å². The van der Waals surface area contributed by atoms with Gasteiger partial charge in [0.1, 0.15) is 0 Å². The summed E-state index contributed by atoms with van der Waals surface area (Å²) in [7, 11) is 4.32. The minimum atomic E-state index is 0.900. The molecule has 2 aliphatic rings. The smallest absolute Gasteiger partial charge is 0.00223 e. The van der Waals surface area contributed by atoms with Crippen molar-refractivity contribution in [3.8, 4) is 0 Å². The Kier molecular flexibility index (Phi) is 5.26. The lowest BCUT2D eigenvalue weighted by molar-refractivity contribution is 0.194. The van der Waals surface area contributed by atoms with E-state index in [4.69, 9.17) is 0 Å². The predicted octanol–water partition coefficient (Wildman–Crippen LogP) is 1.26. The van der Waals surface area contributed by atoms with Crippen LogP contribution in [0.3, 0.4) is 0 Å². The van der Waals surface area contributed by atoms with Crippen LogP contribution >= 0.6 is 0 Å². The third kappa shape index (κ3) is 4.23. The van der Waals surface area contributed by atoms with Crippen molar-refractivity contribution in [2.45, 2.75) is 25.7 Å². The summed E-state index contributed by atoms with van der Waals surface area (Å²) in [5.74, 6) is 1.90. The fourth-order valence-corrected chi connectivity index (χ4v) is 3.29. The van der Waals surface area contributed by atoms with Crippen molar-refractivity contribution in [1.82, 2.24) is 15.1 Å². The molecule has 1 N–H and O–H groups in total. The van der Waals surface area contributed by atoms with Crippen molar-refractivity contribution < 1.29 is 0 Å². The molecule has 0 aromatic carbocycles. The molecule has 2 heterocycles. The van der Waals surface area contributed by atoms with Crippen molar-refractivity contribution in [1.29, 1.82) is 0 Å². The molecule has 0 aromatic rings. The van der Waals surface area contributed by atoms with Crippen LogP contribution in [0.4, 0.5) is 0 Å². The third-order valence-electron chi connectivity index (χ3n) is 4.55. The number of piperidine rings is 1. The monoisotopic (exact) mass is 239 g/mol. The minimum absolute atomic E-state index is 0.900. The van der Waals surface area contributed by atoms with Gasteiger partial charge in [-0.2, -0.15) is 0 Å². The van der Waals surface area contributed by atoms with Crippen LogP contribution in [0.2, 0.25) is 0 Å². The van der Waals surface area contributed by atoms with Crippen LogP contribution in [0.5, 0.6) is 0 Å². The van der Waals surface area contributed by atoms with E-state index < -0.39 is 0 Å². The first kappa shape index (κ1) is 13.3. The first-order chi connectivity index (χ1) is 8.28. The van der Waals surface area contributed by atoms with Gasteiger partial charge in [-0.3, -0.25) is 0 Å². The lowest BCUT2D eigenvalue weighted by Crippen LogP contribution is -2.32. The first-order valence-electron chi connectivity index (χ1n) is 7.33. The van der Waals surface area contributed by atoms with Gasteiger partial charge >= 0.3 is 0 Å². The SMILES string of the molecule is CNCC1CCN(CCC2CCN(C)CC2)C1. The molecule has 3 heteroatoms. The zero-order valence-corrected chi connectivity index (χ0v) is 11.6. The van der Waals surface area contributed by atoms with Crippen LogP contribution in [0, 0.1) is 11.8 Å². The van der Waals surface area contributed by atoms with Gasteiger partial charge in [0.25, 0.3) is 0 Å². The maximum atomic E-state index is 3.31. The van der Waals surface area contributed by atoms with Gasteiger partial charge in [0, 0.05) is 6.54 Å². The third-order valence-corrected chi connectivity index (χ3v) is 4.55. The second-order valence-corrected chi connectivity index (χ2v) is 6.05. The normalized spacial score (nSPS) is 28.9. The van der Waals surface area contributed by atoms with Gasteiger partial charge in [-0.25, -0.2) is 0 Å². The predicted molar refractivity (Wildman–Crippen MR) is 73.3 cm³/mol. The Morgan fingerprint density at radius 3 is 2.47 bits per heavy atom. The molecule has 2 rings (SSSR count). The zero-order chi connectivity index (χ0) is 12.1. The summed E-state index contributed by atoms with van der Waals surface area (Å²) < 4.78 is 0. The lowest BCUT2D eigenvalue weighted by Gasteiger charge is -2.30.